The summed E-state index contributed by atoms with van der Waals surface area (Å²) < 4.78 is 25.2. The number of benzene rings is 2. The zero-order chi connectivity index (χ0) is 14.5. The second kappa shape index (κ2) is 6.72. The molecule has 3 nitrogen and oxygen atoms in total. The van der Waals surface area contributed by atoms with E-state index in [9.17, 15) is 4.39 Å². The van der Waals surface area contributed by atoms with Crippen LogP contribution in [-0.4, -0.2) is 7.11 Å². The maximum Gasteiger partial charge on any atom is 0.133 e. The summed E-state index contributed by atoms with van der Waals surface area (Å²) in [6, 6.07) is 10.2. The predicted octanol–water partition coefficient (Wildman–Crippen LogP) is 3.63. The highest BCUT2D eigenvalue weighted by molar-refractivity contribution is 9.10. The van der Waals surface area contributed by atoms with Gasteiger partial charge in [0.25, 0.3) is 0 Å². The average Bonchev–Trinajstić information content (AvgIpc) is 2.47. The Hall–Kier alpha value is -1.59. The van der Waals surface area contributed by atoms with Crippen LogP contribution in [0.15, 0.2) is 40.9 Å². The Kier molecular flexibility index (Phi) is 4.98. The minimum atomic E-state index is -0.347. The number of methoxy groups -OCH3 is 1. The third-order valence-corrected chi connectivity index (χ3v) is 3.67. The van der Waals surface area contributed by atoms with E-state index in [4.69, 9.17) is 15.2 Å². The van der Waals surface area contributed by atoms with Crippen LogP contribution < -0.4 is 15.2 Å². The first-order valence-electron chi connectivity index (χ1n) is 6.07. The lowest BCUT2D eigenvalue weighted by atomic mass is 10.2. The maximum atomic E-state index is 13.8. The Bertz CT molecular complexity index is 604. The number of hydrogen-bond donors (Lipinski definition) is 1. The smallest absolute Gasteiger partial charge is 0.133 e. The molecule has 5 heteroatoms. The number of hydrogen-bond acceptors (Lipinski definition) is 3. The van der Waals surface area contributed by atoms with Crippen molar-refractivity contribution in [2.75, 3.05) is 7.11 Å². The first kappa shape index (κ1) is 14.8. The molecule has 2 aromatic carbocycles. The molecule has 20 heavy (non-hydrogen) atoms. The van der Waals surface area contributed by atoms with Gasteiger partial charge >= 0.3 is 0 Å². The van der Waals surface area contributed by atoms with Crippen LogP contribution in [0.3, 0.4) is 0 Å². The summed E-state index contributed by atoms with van der Waals surface area (Å²) in [4.78, 5) is 0. The monoisotopic (exact) mass is 339 g/mol. The summed E-state index contributed by atoms with van der Waals surface area (Å²) in [7, 11) is 1.50. The summed E-state index contributed by atoms with van der Waals surface area (Å²) in [5.74, 6) is 0.796. The van der Waals surface area contributed by atoms with Gasteiger partial charge in [0.2, 0.25) is 0 Å². The largest absolute Gasteiger partial charge is 0.497 e. The van der Waals surface area contributed by atoms with Gasteiger partial charge in [-0.15, -0.1) is 0 Å². The van der Waals surface area contributed by atoms with E-state index in [2.05, 4.69) is 15.9 Å². The van der Waals surface area contributed by atoms with Crippen molar-refractivity contribution in [1.82, 2.24) is 0 Å². The van der Waals surface area contributed by atoms with Gasteiger partial charge < -0.3 is 15.2 Å². The van der Waals surface area contributed by atoms with Crippen LogP contribution >= 0.6 is 15.9 Å². The number of rotatable bonds is 5. The summed E-state index contributed by atoms with van der Waals surface area (Å²) in [6.07, 6.45) is 0. The Labute approximate surface area is 125 Å². The molecule has 0 saturated carbocycles. The molecule has 106 valence electrons. The molecule has 0 saturated heterocycles. The van der Waals surface area contributed by atoms with E-state index in [0.29, 0.717) is 23.6 Å². The van der Waals surface area contributed by atoms with E-state index < -0.39 is 0 Å². The zero-order valence-electron chi connectivity index (χ0n) is 11.0. The molecule has 0 fully saturated rings. The molecule has 0 atom stereocenters. The van der Waals surface area contributed by atoms with Crippen LogP contribution in [0, 0.1) is 5.82 Å². The van der Waals surface area contributed by atoms with Gasteiger partial charge in [-0.3, -0.25) is 0 Å². The zero-order valence-corrected chi connectivity index (χ0v) is 12.6. The van der Waals surface area contributed by atoms with E-state index in [0.717, 1.165) is 10.0 Å². The first-order chi connectivity index (χ1) is 9.63. The fourth-order valence-electron chi connectivity index (χ4n) is 1.73. The molecule has 2 rings (SSSR count). The second-order valence-electron chi connectivity index (χ2n) is 4.20. The van der Waals surface area contributed by atoms with Crippen molar-refractivity contribution in [1.29, 1.82) is 0 Å². The lowest BCUT2D eigenvalue weighted by Gasteiger charge is -2.10. The van der Waals surface area contributed by atoms with Crippen LogP contribution in [0.25, 0.3) is 0 Å². The van der Waals surface area contributed by atoms with E-state index in [-0.39, 0.29) is 12.4 Å². The lowest BCUT2D eigenvalue weighted by Crippen LogP contribution is -2.01. The van der Waals surface area contributed by atoms with Gasteiger partial charge in [-0.25, -0.2) is 4.39 Å². The quantitative estimate of drug-likeness (QED) is 0.904. The third-order valence-electron chi connectivity index (χ3n) is 2.89. The Morgan fingerprint density at radius 2 is 1.85 bits per heavy atom. The first-order valence-corrected chi connectivity index (χ1v) is 6.87. The van der Waals surface area contributed by atoms with E-state index in [1.54, 1.807) is 12.1 Å². The molecule has 0 aromatic heterocycles. The fraction of sp³-hybridized carbons (Fsp3) is 0.200. The standard InChI is InChI=1S/C15H15BrFNO2/c1-19-12-3-2-10(15(17)7-12)9-20-13-4-5-14(16)11(6-13)8-18/h2-7H,8-9,18H2,1H3. The summed E-state index contributed by atoms with van der Waals surface area (Å²) in [6.45, 7) is 0.566. The van der Waals surface area contributed by atoms with Gasteiger partial charge in [-0.05, 0) is 35.9 Å². The number of nitrogens with two attached hydrogens (primary N) is 1. The SMILES string of the molecule is COc1ccc(COc2ccc(Br)c(CN)c2)c(F)c1. The van der Waals surface area contributed by atoms with Crippen molar-refractivity contribution in [3.8, 4) is 11.5 Å². The highest BCUT2D eigenvalue weighted by atomic mass is 79.9. The lowest BCUT2D eigenvalue weighted by molar-refractivity contribution is 0.299. The normalized spacial score (nSPS) is 10.4. The molecule has 0 aliphatic carbocycles. The molecule has 2 aromatic rings. The summed E-state index contributed by atoms with van der Waals surface area (Å²) >= 11 is 3.40. The Balaban J connectivity index is 2.08. The van der Waals surface area contributed by atoms with E-state index >= 15 is 0 Å². The molecule has 2 N–H and O–H groups in total. The van der Waals surface area contributed by atoms with Crippen molar-refractivity contribution < 1.29 is 13.9 Å². The molecular formula is C15H15BrFNO2. The highest BCUT2D eigenvalue weighted by Gasteiger charge is 2.06. The molecule has 0 aliphatic heterocycles. The van der Waals surface area contributed by atoms with Crippen molar-refractivity contribution in [3.05, 3.63) is 57.8 Å². The highest BCUT2D eigenvalue weighted by Crippen LogP contribution is 2.24. The number of halogens is 2. The molecule has 0 spiro atoms. The maximum absolute atomic E-state index is 13.8. The van der Waals surface area contributed by atoms with Crippen molar-refractivity contribution >= 4 is 15.9 Å². The average molecular weight is 340 g/mol. The summed E-state index contributed by atoms with van der Waals surface area (Å²) in [5.41, 5.74) is 7.04. The second-order valence-corrected chi connectivity index (χ2v) is 5.06. The van der Waals surface area contributed by atoms with Gasteiger partial charge in [0, 0.05) is 22.6 Å². The van der Waals surface area contributed by atoms with Gasteiger partial charge in [0.15, 0.2) is 0 Å². The molecule has 0 amide bonds. The van der Waals surface area contributed by atoms with Gasteiger partial charge in [0.05, 0.1) is 7.11 Å². The topological polar surface area (TPSA) is 44.5 Å². The van der Waals surface area contributed by atoms with E-state index in [1.807, 2.05) is 18.2 Å². The molecule has 0 bridgehead atoms. The van der Waals surface area contributed by atoms with Crippen LogP contribution in [0.1, 0.15) is 11.1 Å². The van der Waals surface area contributed by atoms with Crippen LogP contribution in [0.4, 0.5) is 4.39 Å². The van der Waals surface area contributed by atoms with Gasteiger partial charge in [-0.1, -0.05) is 15.9 Å². The molecule has 0 heterocycles. The fourth-order valence-corrected chi connectivity index (χ4v) is 2.14. The molecule has 0 aliphatic rings. The number of ether oxygens (including phenoxy) is 2. The van der Waals surface area contributed by atoms with Gasteiger partial charge in [0.1, 0.15) is 23.9 Å². The molecule has 0 radical (unpaired) electrons. The predicted molar refractivity (Wildman–Crippen MR) is 79.3 cm³/mol. The van der Waals surface area contributed by atoms with Crippen molar-refractivity contribution in [2.24, 2.45) is 5.73 Å². The minimum absolute atomic E-state index is 0.154. The Morgan fingerprint density at radius 1 is 1.10 bits per heavy atom. The van der Waals surface area contributed by atoms with Crippen LogP contribution in [0.2, 0.25) is 0 Å². The van der Waals surface area contributed by atoms with Crippen molar-refractivity contribution in [3.63, 3.8) is 0 Å². The Morgan fingerprint density at radius 3 is 2.50 bits per heavy atom. The molecule has 0 unspecified atom stereocenters. The third kappa shape index (κ3) is 3.49. The van der Waals surface area contributed by atoms with Crippen LogP contribution in [0.5, 0.6) is 11.5 Å². The van der Waals surface area contributed by atoms with E-state index in [1.165, 1.54) is 13.2 Å². The van der Waals surface area contributed by atoms with Crippen molar-refractivity contribution in [2.45, 2.75) is 13.2 Å². The minimum Gasteiger partial charge on any atom is -0.497 e. The summed E-state index contributed by atoms with van der Waals surface area (Å²) in [5, 5.41) is 0. The molecular weight excluding hydrogens is 325 g/mol. The van der Waals surface area contributed by atoms with Crippen LogP contribution in [-0.2, 0) is 13.2 Å². The van der Waals surface area contributed by atoms with Gasteiger partial charge in [-0.2, -0.15) is 0 Å².